The Morgan fingerprint density at radius 3 is 2.75 bits per heavy atom. The number of ether oxygens (including phenoxy) is 1. The molecule has 0 N–H and O–H groups in total. The van der Waals surface area contributed by atoms with Crippen molar-refractivity contribution >= 4 is 5.97 Å². The van der Waals surface area contributed by atoms with E-state index in [0.29, 0.717) is 18.6 Å². The van der Waals surface area contributed by atoms with Crippen LogP contribution in [0.2, 0.25) is 0 Å². The summed E-state index contributed by atoms with van der Waals surface area (Å²) in [7, 11) is 1.91. The van der Waals surface area contributed by atoms with Crippen molar-refractivity contribution in [2.24, 2.45) is 7.05 Å². The number of aryl methyl sites for hydroxylation is 2. The Hall–Kier alpha value is -2.17. The number of hydrogen-bond acceptors (Lipinski definition) is 4. The van der Waals surface area contributed by atoms with Gasteiger partial charge in [-0.1, -0.05) is 0 Å². The molecule has 0 saturated carbocycles. The molecule has 2 heterocycles. The third-order valence-electron chi connectivity index (χ3n) is 3.39. The molecular weight excluding hydrogens is 254 g/mol. The van der Waals surface area contributed by atoms with Gasteiger partial charge in [-0.05, 0) is 32.9 Å². The second-order valence-electron chi connectivity index (χ2n) is 4.67. The Morgan fingerprint density at radius 2 is 2.15 bits per heavy atom. The maximum absolute atomic E-state index is 11.9. The third kappa shape index (κ3) is 2.71. The van der Waals surface area contributed by atoms with E-state index in [-0.39, 0.29) is 5.97 Å². The Morgan fingerprint density at radius 1 is 1.40 bits per heavy atom. The van der Waals surface area contributed by atoms with Crippen molar-refractivity contribution in [2.75, 3.05) is 6.61 Å². The van der Waals surface area contributed by atoms with E-state index in [1.807, 2.05) is 25.6 Å². The van der Waals surface area contributed by atoms with E-state index in [1.54, 1.807) is 25.3 Å². The summed E-state index contributed by atoms with van der Waals surface area (Å²) in [4.78, 5) is 16.3. The van der Waals surface area contributed by atoms with Crippen molar-refractivity contribution < 1.29 is 9.53 Å². The van der Waals surface area contributed by atoms with Gasteiger partial charge in [-0.25, -0.2) is 4.79 Å². The summed E-state index contributed by atoms with van der Waals surface area (Å²) < 4.78 is 6.92. The predicted molar refractivity (Wildman–Crippen MR) is 75.7 cm³/mol. The Balaban J connectivity index is 2.36. The zero-order valence-electron chi connectivity index (χ0n) is 12.3. The second kappa shape index (κ2) is 5.86. The molecule has 0 aliphatic heterocycles. The molecule has 5 heteroatoms. The van der Waals surface area contributed by atoms with Crippen LogP contribution in [0.15, 0.2) is 18.3 Å². The Bertz CT molecular complexity index is 632. The van der Waals surface area contributed by atoms with E-state index >= 15 is 0 Å². The van der Waals surface area contributed by atoms with Gasteiger partial charge in [-0.3, -0.25) is 9.67 Å². The van der Waals surface area contributed by atoms with Crippen LogP contribution in [-0.4, -0.2) is 27.3 Å². The molecule has 2 aromatic heterocycles. The molecule has 0 saturated heterocycles. The highest BCUT2D eigenvalue weighted by atomic mass is 16.5. The summed E-state index contributed by atoms with van der Waals surface area (Å²) in [6.07, 6.45) is 2.28. The van der Waals surface area contributed by atoms with Crippen molar-refractivity contribution in [2.45, 2.75) is 27.2 Å². The van der Waals surface area contributed by atoms with Gasteiger partial charge in [-0.2, -0.15) is 5.10 Å². The van der Waals surface area contributed by atoms with Crippen LogP contribution in [-0.2, 0) is 18.2 Å². The highest BCUT2D eigenvalue weighted by Gasteiger charge is 2.17. The number of hydrogen-bond donors (Lipinski definition) is 0. The van der Waals surface area contributed by atoms with Crippen LogP contribution in [0.4, 0.5) is 0 Å². The summed E-state index contributed by atoms with van der Waals surface area (Å²) in [6.45, 7) is 6.14. The molecule has 5 nitrogen and oxygen atoms in total. The van der Waals surface area contributed by atoms with Gasteiger partial charge in [0.15, 0.2) is 0 Å². The highest BCUT2D eigenvalue weighted by Crippen LogP contribution is 2.18. The molecule has 0 aliphatic rings. The molecule has 2 rings (SSSR count). The normalized spacial score (nSPS) is 10.6. The lowest BCUT2D eigenvalue weighted by atomic mass is 10.0. The van der Waals surface area contributed by atoms with Gasteiger partial charge in [0.25, 0.3) is 0 Å². The topological polar surface area (TPSA) is 57.0 Å². The maximum atomic E-state index is 11.9. The summed E-state index contributed by atoms with van der Waals surface area (Å²) >= 11 is 0. The van der Waals surface area contributed by atoms with Crippen LogP contribution in [0.25, 0.3) is 0 Å². The van der Waals surface area contributed by atoms with E-state index in [0.717, 1.165) is 22.6 Å². The first-order valence-electron chi connectivity index (χ1n) is 6.64. The molecule has 0 spiro atoms. The summed E-state index contributed by atoms with van der Waals surface area (Å²) in [5.74, 6) is -0.324. The molecule has 0 unspecified atom stereocenters. The molecule has 0 aromatic carbocycles. The van der Waals surface area contributed by atoms with Crippen molar-refractivity contribution in [1.29, 1.82) is 0 Å². The first kappa shape index (κ1) is 14.2. The summed E-state index contributed by atoms with van der Waals surface area (Å²) in [5.41, 5.74) is 4.41. The van der Waals surface area contributed by atoms with Gasteiger partial charge in [0.05, 0.1) is 23.6 Å². The van der Waals surface area contributed by atoms with E-state index in [4.69, 9.17) is 4.74 Å². The molecule has 0 fully saturated rings. The first-order chi connectivity index (χ1) is 9.54. The fourth-order valence-corrected chi connectivity index (χ4v) is 2.21. The average Bonchev–Trinajstić information content (AvgIpc) is 2.66. The molecule has 0 aliphatic carbocycles. The van der Waals surface area contributed by atoms with Crippen LogP contribution < -0.4 is 0 Å². The van der Waals surface area contributed by atoms with Gasteiger partial charge in [0.2, 0.25) is 0 Å². The van der Waals surface area contributed by atoms with Gasteiger partial charge < -0.3 is 4.74 Å². The molecule has 20 heavy (non-hydrogen) atoms. The van der Waals surface area contributed by atoms with Crippen LogP contribution in [0, 0.1) is 13.8 Å². The molecule has 0 radical (unpaired) electrons. The first-order valence-corrected chi connectivity index (χ1v) is 6.64. The Kier molecular flexibility index (Phi) is 4.17. The molecule has 106 valence electrons. The minimum absolute atomic E-state index is 0.324. The van der Waals surface area contributed by atoms with E-state index in [2.05, 4.69) is 10.1 Å². The van der Waals surface area contributed by atoms with E-state index in [1.165, 1.54) is 0 Å². The standard InChI is InChI=1S/C15H19N3O2/c1-5-20-15(19)12-7-6-8-16-14(12)9-13-10(2)17-18(4)11(13)3/h6-8H,5,9H2,1-4H3. The minimum Gasteiger partial charge on any atom is -0.462 e. The van der Waals surface area contributed by atoms with Crippen LogP contribution in [0.3, 0.4) is 0 Å². The quantitative estimate of drug-likeness (QED) is 0.801. The van der Waals surface area contributed by atoms with E-state index in [9.17, 15) is 4.79 Å². The van der Waals surface area contributed by atoms with Crippen molar-refractivity contribution in [3.8, 4) is 0 Å². The molecular formula is C15H19N3O2. The zero-order chi connectivity index (χ0) is 14.7. The Labute approximate surface area is 118 Å². The molecule has 0 amide bonds. The summed E-state index contributed by atoms with van der Waals surface area (Å²) in [5, 5.41) is 4.39. The lowest BCUT2D eigenvalue weighted by Gasteiger charge is -2.08. The van der Waals surface area contributed by atoms with Gasteiger partial charge in [-0.15, -0.1) is 0 Å². The van der Waals surface area contributed by atoms with Crippen molar-refractivity contribution in [3.05, 3.63) is 46.5 Å². The van der Waals surface area contributed by atoms with Crippen LogP contribution in [0.5, 0.6) is 0 Å². The number of nitrogens with zero attached hydrogens (tertiary/aromatic N) is 3. The molecule has 0 atom stereocenters. The number of carbonyl (C=O) groups excluding carboxylic acids is 1. The monoisotopic (exact) mass is 273 g/mol. The van der Waals surface area contributed by atoms with Crippen LogP contribution in [0.1, 0.15) is 39.9 Å². The van der Waals surface area contributed by atoms with Crippen LogP contribution >= 0.6 is 0 Å². The average molecular weight is 273 g/mol. The number of aromatic nitrogens is 3. The third-order valence-corrected chi connectivity index (χ3v) is 3.39. The number of pyridine rings is 1. The number of esters is 1. The zero-order valence-corrected chi connectivity index (χ0v) is 12.3. The lowest BCUT2D eigenvalue weighted by Crippen LogP contribution is -2.10. The summed E-state index contributed by atoms with van der Waals surface area (Å²) in [6, 6.07) is 3.50. The lowest BCUT2D eigenvalue weighted by molar-refractivity contribution is 0.0524. The van der Waals surface area contributed by atoms with Gasteiger partial charge in [0, 0.05) is 30.9 Å². The fourth-order valence-electron chi connectivity index (χ4n) is 2.21. The molecule has 0 bridgehead atoms. The maximum Gasteiger partial charge on any atom is 0.339 e. The largest absolute Gasteiger partial charge is 0.462 e. The van der Waals surface area contributed by atoms with Gasteiger partial charge >= 0.3 is 5.97 Å². The number of rotatable bonds is 4. The number of carbonyl (C=O) groups is 1. The van der Waals surface area contributed by atoms with Crippen molar-refractivity contribution in [1.82, 2.24) is 14.8 Å². The molecule has 2 aromatic rings. The smallest absolute Gasteiger partial charge is 0.339 e. The minimum atomic E-state index is -0.324. The SMILES string of the molecule is CCOC(=O)c1cccnc1Cc1c(C)nn(C)c1C. The van der Waals surface area contributed by atoms with E-state index < -0.39 is 0 Å². The highest BCUT2D eigenvalue weighted by molar-refractivity contribution is 5.90. The fraction of sp³-hybridized carbons (Fsp3) is 0.400. The second-order valence-corrected chi connectivity index (χ2v) is 4.67. The predicted octanol–water partition coefficient (Wildman–Crippen LogP) is 2.20. The van der Waals surface area contributed by atoms with Crippen molar-refractivity contribution in [3.63, 3.8) is 0 Å². The van der Waals surface area contributed by atoms with Gasteiger partial charge in [0.1, 0.15) is 0 Å².